The molecule has 3 aromatic rings. The number of esters is 1. The van der Waals surface area contributed by atoms with Crippen molar-refractivity contribution in [3.8, 4) is 5.75 Å². The van der Waals surface area contributed by atoms with E-state index in [0.717, 1.165) is 4.52 Å². The molecule has 0 aliphatic carbocycles. The number of aliphatic hydroxyl groups excluding tert-OH is 1. The number of nitrogens with one attached hydrogen (secondary N) is 1. The lowest BCUT2D eigenvalue weighted by molar-refractivity contribution is -0.144. The molecule has 13 nitrogen and oxygen atoms in total. The van der Waals surface area contributed by atoms with Gasteiger partial charge in [0.2, 0.25) is 0 Å². The van der Waals surface area contributed by atoms with Crippen molar-refractivity contribution in [1.82, 2.24) is 19.7 Å². The lowest BCUT2D eigenvalue weighted by atomic mass is 9.91. The Bertz CT molecular complexity index is 1340. The zero-order valence-corrected chi connectivity index (χ0v) is 21.7. The third-order valence-electron chi connectivity index (χ3n) is 5.97. The third-order valence-corrected chi connectivity index (χ3v) is 7.62. The first-order chi connectivity index (χ1) is 17.9. The average Bonchev–Trinajstić information content (AvgIpc) is 3.37. The van der Waals surface area contributed by atoms with Gasteiger partial charge in [0, 0.05) is 0 Å². The van der Waals surface area contributed by atoms with E-state index in [1.807, 2.05) is 0 Å². The topological polar surface area (TPSA) is 180 Å². The first-order valence-corrected chi connectivity index (χ1v) is 13.3. The minimum Gasteiger partial charge on any atom is -0.465 e. The number of nitrogen functional groups attached to an aromatic ring is 1. The lowest BCUT2D eigenvalue weighted by Gasteiger charge is -2.26. The second kappa shape index (κ2) is 10.9. The van der Waals surface area contributed by atoms with Crippen LogP contribution in [0.4, 0.5) is 10.2 Å². The minimum absolute atomic E-state index is 0.114. The van der Waals surface area contributed by atoms with Crippen LogP contribution in [0.5, 0.6) is 5.75 Å². The van der Waals surface area contributed by atoms with Gasteiger partial charge in [-0.15, -0.1) is 5.10 Å². The zero-order chi connectivity index (χ0) is 27.7. The summed E-state index contributed by atoms with van der Waals surface area (Å²) in [4.78, 5) is 15.6. The number of benzene rings is 1. The predicted octanol–water partition coefficient (Wildman–Crippen LogP) is 1.75. The van der Waals surface area contributed by atoms with Crippen molar-refractivity contribution in [3.05, 3.63) is 54.2 Å². The van der Waals surface area contributed by atoms with Crippen molar-refractivity contribution in [3.63, 3.8) is 0 Å². The first kappa shape index (κ1) is 27.9. The summed E-state index contributed by atoms with van der Waals surface area (Å²) in [5, 5.41) is 28.2. The van der Waals surface area contributed by atoms with Gasteiger partial charge in [-0.3, -0.25) is 9.32 Å². The summed E-state index contributed by atoms with van der Waals surface area (Å²) in [6.07, 6.45) is -5.04. The molecule has 38 heavy (non-hydrogen) atoms. The fraction of sp³-hybridized carbons (Fsp3) is 0.435. The number of aliphatic hydroxyl groups is 2. The number of carbonyl (C=O) groups is 1. The zero-order valence-electron chi connectivity index (χ0n) is 20.9. The Balaban J connectivity index is 1.56. The molecule has 1 unspecified atom stereocenters. The average molecular weight is 553 g/mol. The molecule has 0 spiro atoms. The molecule has 1 aliphatic heterocycles. The summed E-state index contributed by atoms with van der Waals surface area (Å²) < 4.78 is 50.6. The van der Waals surface area contributed by atoms with Crippen LogP contribution in [0, 0.1) is 6.08 Å². The van der Waals surface area contributed by atoms with Crippen molar-refractivity contribution in [2.45, 2.75) is 50.7 Å². The van der Waals surface area contributed by atoms with Gasteiger partial charge in [0.05, 0.1) is 18.9 Å². The fourth-order valence-corrected chi connectivity index (χ4v) is 5.57. The molecule has 6 atom stereocenters. The molecule has 1 fully saturated rings. The number of carbonyl (C=O) groups excluding carboxylic acids is 1. The smallest absolute Gasteiger partial charge is 0.459 e. The molecule has 0 saturated carbocycles. The fourth-order valence-electron chi connectivity index (χ4n) is 4.07. The number of halogens is 1. The summed E-state index contributed by atoms with van der Waals surface area (Å²) in [5.74, 6) is -0.611. The number of aromatic nitrogens is 3. The van der Waals surface area contributed by atoms with E-state index in [9.17, 15) is 24.0 Å². The van der Waals surface area contributed by atoms with E-state index < -0.39 is 56.4 Å². The van der Waals surface area contributed by atoms with Crippen molar-refractivity contribution in [2.75, 3.05) is 18.9 Å². The normalized spacial score (nSPS) is 25.7. The molecule has 4 rings (SSSR count). The van der Waals surface area contributed by atoms with Crippen LogP contribution in [0.15, 0.2) is 42.5 Å². The number of para-hydroxylation sites is 1. The molecule has 1 aromatic carbocycles. The van der Waals surface area contributed by atoms with Gasteiger partial charge in [-0.2, -0.15) is 14.5 Å². The summed E-state index contributed by atoms with van der Waals surface area (Å²) in [7, 11) is -4.24. The Labute approximate surface area is 217 Å². The van der Waals surface area contributed by atoms with Gasteiger partial charge < -0.3 is 29.9 Å². The van der Waals surface area contributed by atoms with Crippen LogP contribution < -0.4 is 15.3 Å². The molecule has 2 aromatic heterocycles. The highest BCUT2D eigenvalue weighted by Gasteiger charge is 2.54. The van der Waals surface area contributed by atoms with Gasteiger partial charge in [-0.05, 0) is 45.0 Å². The quantitative estimate of drug-likeness (QED) is 0.211. The van der Waals surface area contributed by atoms with Crippen molar-refractivity contribution >= 4 is 25.1 Å². The largest absolute Gasteiger partial charge is 0.465 e. The predicted molar refractivity (Wildman–Crippen MR) is 131 cm³/mol. The van der Waals surface area contributed by atoms with Gasteiger partial charge in [-0.25, -0.2) is 9.08 Å². The Morgan fingerprint density at radius 1 is 1.34 bits per heavy atom. The monoisotopic (exact) mass is 553 g/mol. The third kappa shape index (κ3) is 5.65. The van der Waals surface area contributed by atoms with Gasteiger partial charge in [0.25, 0.3) is 0 Å². The maximum absolute atomic E-state index is 13.8. The number of rotatable bonds is 10. The Hall–Kier alpha value is -3.13. The molecule has 0 amide bonds. The molecule has 15 heteroatoms. The van der Waals surface area contributed by atoms with Gasteiger partial charge >= 0.3 is 19.8 Å². The number of fused-ring (bicyclic) bond motifs is 1. The van der Waals surface area contributed by atoms with E-state index in [0.29, 0.717) is 0 Å². The molecule has 3 heterocycles. The van der Waals surface area contributed by atoms with E-state index in [-0.39, 0.29) is 29.4 Å². The van der Waals surface area contributed by atoms with Gasteiger partial charge in [0.15, 0.2) is 5.82 Å². The summed E-state index contributed by atoms with van der Waals surface area (Å²) in [6.45, 7) is 3.97. The van der Waals surface area contributed by atoms with Crippen LogP contribution >= 0.6 is 7.75 Å². The van der Waals surface area contributed by atoms with Crippen LogP contribution in [-0.4, -0.2) is 67.8 Å². The Morgan fingerprint density at radius 2 is 2.05 bits per heavy atom. The van der Waals surface area contributed by atoms with Crippen LogP contribution in [0.25, 0.3) is 5.52 Å². The molecule has 206 valence electrons. The van der Waals surface area contributed by atoms with Crippen molar-refractivity contribution in [2.24, 2.45) is 0 Å². The number of hydrogen-bond donors (Lipinski definition) is 4. The molecule has 0 radical (unpaired) electrons. The second-order valence-corrected chi connectivity index (χ2v) is 10.5. The van der Waals surface area contributed by atoms with E-state index in [4.69, 9.17) is 24.3 Å². The standard InChI is InChI=1S/C23H29FN5O8P/c1-4-34-21(31)13(2)28-38(33,37-14-8-6-5-7-9-14)35-12-17-18(30)23(3,32)19(36-17)15-10-11-16-20(25)26-22(24)27-29(15)16/h5-11,13,17-19,30,32H,4,12H2,1-3H3,(H,28,33)(H2,25,26,27)/t13-,17+,18+,19-,23+,38?/m0/s1. The molecule has 0 bridgehead atoms. The van der Waals surface area contributed by atoms with Crippen LogP contribution in [0.3, 0.4) is 0 Å². The maximum atomic E-state index is 13.8. The number of anilines is 1. The Morgan fingerprint density at radius 3 is 2.74 bits per heavy atom. The SMILES string of the molecule is CCOC(=O)[C@H](C)NP(=O)(OC[C@H]1O[C@@H](c2ccc3c(N)nc(F)nn23)[C@](C)(O)[C@@H]1O)Oc1ccccc1. The molecule has 1 aliphatic rings. The highest BCUT2D eigenvalue weighted by molar-refractivity contribution is 7.52. The second-order valence-electron chi connectivity index (χ2n) is 8.85. The number of nitrogens with two attached hydrogens (primary N) is 1. The summed E-state index contributed by atoms with van der Waals surface area (Å²) in [6, 6.07) is 10.1. The van der Waals surface area contributed by atoms with E-state index >= 15 is 0 Å². The van der Waals surface area contributed by atoms with E-state index in [2.05, 4.69) is 15.2 Å². The van der Waals surface area contributed by atoms with Gasteiger partial charge in [0.1, 0.15) is 41.2 Å². The molecule has 5 N–H and O–H groups in total. The van der Waals surface area contributed by atoms with Crippen molar-refractivity contribution in [1.29, 1.82) is 0 Å². The number of nitrogens with zero attached hydrogens (tertiary/aromatic N) is 3. The highest BCUT2D eigenvalue weighted by Crippen LogP contribution is 2.47. The van der Waals surface area contributed by atoms with Crippen LogP contribution in [-0.2, 0) is 23.4 Å². The summed E-state index contributed by atoms with van der Waals surface area (Å²) in [5.41, 5.74) is 4.33. The Kier molecular flexibility index (Phi) is 8.02. The first-order valence-electron chi connectivity index (χ1n) is 11.8. The maximum Gasteiger partial charge on any atom is 0.459 e. The van der Waals surface area contributed by atoms with E-state index in [1.54, 1.807) is 37.3 Å². The van der Waals surface area contributed by atoms with E-state index in [1.165, 1.54) is 26.0 Å². The van der Waals surface area contributed by atoms with Crippen LogP contribution in [0.1, 0.15) is 32.6 Å². The summed E-state index contributed by atoms with van der Waals surface area (Å²) >= 11 is 0. The molecule has 1 saturated heterocycles. The van der Waals surface area contributed by atoms with Crippen LogP contribution in [0.2, 0.25) is 0 Å². The molecular weight excluding hydrogens is 524 g/mol. The number of hydrogen-bond acceptors (Lipinski definition) is 11. The molecular formula is C23H29FN5O8P. The highest BCUT2D eigenvalue weighted by atomic mass is 31.2. The van der Waals surface area contributed by atoms with Gasteiger partial charge in [-0.1, -0.05) is 18.2 Å². The minimum atomic E-state index is -4.24. The van der Waals surface area contributed by atoms with Crippen molar-refractivity contribution < 1.29 is 42.5 Å². The lowest BCUT2D eigenvalue weighted by Crippen LogP contribution is -2.43. The number of ether oxygens (including phenoxy) is 2.